The molecule has 6 heteroatoms. The van der Waals surface area contributed by atoms with Gasteiger partial charge >= 0.3 is 0 Å². The van der Waals surface area contributed by atoms with Gasteiger partial charge in [0.2, 0.25) is 11.8 Å². The first-order chi connectivity index (χ1) is 24.5. The van der Waals surface area contributed by atoms with E-state index in [1.54, 1.807) is 14.2 Å². The standard InChI is InChI=1S/C44H32N2O4/c1-25-21-35-39(23-37(25)47-3)49-43(45-35)29-17-13-27(14-18-29)41-31-9-5-7-11-33(31)42(34-12-8-6-10-32(34)41)28-15-19-30(20-16-28)44-46-36-22-26(2)38(48-4)24-40(36)50-44/h5-24H,1-4H3. The van der Waals surface area contributed by atoms with E-state index >= 15 is 0 Å². The van der Waals surface area contributed by atoms with E-state index in [2.05, 4.69) is 97.1 Å². The number of oxazole rings is 2. The molecule has 2 heterocycles. The van der Waals surface area contributed by atoms with Crippen molar-refractivity contribution >= 4 is 43.7 Å². The highest BCUT2D eigenvalue weighted by molar-refractivity contribution is 6.21. The lowest BCUT2D eigenvalue weighted by molar-refractivity contribution is 0.411. The predicted octanol–water partition coefficient (Wildman–Crippen LogP) is 11.6. The molecule has 0 unspecified atom stereocenters. The first-order valence-electron chi connectivity index (χ1n) is 16.5. The maximum Gasteiger partial charge on any atom is 0.227 e. The van der Waals surface area contributed by atoms with Crippen LogP contribution in [0.5, 0.6) is 11.5 Å². The number of aryl methyl sites for hydroxylation is 2. The van der Waals surface area contributed by atoms with Gasteiger partial charge in [-0.15, -0.1) is 0 Å². The molecular formula is C44H32N2O4. The zero-order chi connectivity index (χ0) is 33.9. The first kappa shape index (κ1) is 29.7. The summed E-state index contributed by atoms with van der Waals surface area (Å²) in [4.78, 5) is 9.55. The molecule has 0 N–H and O–H groups in total. The second-order valence-corrected chi connectivity index (χ2v) is 12.6. The van der Waals surface area contributed by atoms with Gasteiger partial charge in [0.05, 0.1) is 14.2 Å². The van der Waals surface area contributed by atoms with E-state index in [1.807, 2.05) is 38.1 Å². The number of hydrogen-bond donors (Lipinski definition) is 0. The maximum absolute atomic E-state index is 6.16. The second kappa shape index (κ2) is 11.6. The van der Waals surface area contributed by atoms with Crippen molar-refractivity contribution < 1.29 is 18.3 Å². The molecule has 0 spiro atoms. The lowest BCUT2D eigenvalue weighted by atomic mass is 9.85. The van der Waals surface area contributed by atoms with Gasteiger partial charge in [-0.25, -0.2) is 9.97 Å². The third-order valence-corrected chi connectivity index (χ3v) is 9.58. The fourth-order valence-electron chi connectivity index (χ4n) is 7.12. The van der Waals surface area contributed by atoms with E-state index in [0.29, 0.717) is 22.9 Å². The molecule has 0 amide bonds. The highest BCUT2D eigenvalue weighted by Crippen LogP contribution is 2.44. The molecule has 0 aliphatic heterocycles. The highest BCUT2D eigenvalue weighted by Gasteiger charge is 2.18. The Morgan fingerprint density at radius 1 is 0.440 bits per heavy atom. The Balaban J connectivity index is 1.13. The number of nitrogens with zero attached hydrogens (tertiary/aromatic N) is 2. The summed E-state index contributed by atoms with van der Waals surface area (Å²) < 4.78 is 23.3. The molecule has 2 aromatic heterocycles. The zero-order valence-electron chi connectivity index (χ0n) is 28.1. The van der Waals surface area contributed by atoms with Gasteiger partial charge in [0.1, 0.15) is 22.5 Å². The van der Waals surface area contributed by atoms with Crippen molar-refractivity contribution in [2.75, 3.05) is 14.2 Å². The van der Waals surface area contributed by atoms with Crippen LogP contribution in [0.1, 0.15) is 11.1 Å². The van der Waals surface area contributed by atoms with E-state index in [-0.39, 0.29) is 0 Å². The normalized spacial score (nSPS) is 11.6. The number of benzene rings is 7. The molecule has 0 bridgehead atoms. The number of rotatable bonds is 6. The Morgan fingerprint density at radius 2 is 0.780 bits per heavy atom. The summed E-state index contributed by atoms with van der Waals surface area (Å²) in [7, 11) is 3.33. The van der Waals surface area contributed by atoms with Crippen LogP contribution >= 0.6 is 0 Å². The summed E-state index contributed by atoms with van der Waals surface area (Å²) in [5.74, 6) is 2.74. The van der Waals surface area contributed by atoms with Gasteiger partial charge in [-0.2, -0.15) is 0 Å². The van der Waals surface area contributed by atoms with Gasteiger partial charge in [-0.05, 0) is 105 Å². The van der Waals surface area contributed by atoms with Crippen molar-refractivity contribution in [3.63, 3.8) is 0 Å². The predicted molar refractivity (Wildman–Crippen MR) is 201 cm³/mol. The Bertz CT molecular complexity index is 2490. The van der Waals surface area contributed by atoms with Crippen molar-refractivity contribution in [3.05, 3.63) is 132 Å². The van der Waals surface area contributed by atoms with Gasteiger partial charge in [-0.1, -0.05) is 72.8 Å². The van der Waals surface area contributed by atoms with Gasteiger partial charge < -0.3 is 18.3 Å². The maximum atomic E-state index is 6.16. The van der Waals surface area contributed by atoms with Crippen molar-refractivity contribution in [3.8, 4) is 56.7 Å². The number of fused-ring (bicyclic) bond motifs is 4. The molecular weight excluding hydrogens is 620 g/mol. The van der Waals surface area contributed by atoms with E-state index < -0.39 is 0 Å². The molecule has 0 saturated heterocycles. The van der Waals surface area contributed by atoms with Crippen LogP contribution in [0.4, 0.5) is 0 Å². The molecule has 7 aromatic carbocycles. The van der Waals surface area contributed by atoms with Gasteiger partial charge in [-0.3, -0.25) is 0 Å². The number of hydrogen-bond acceptors (Lipinski definition) is 6. The lowest BCUT2D eigenvalue weighted by Gasteiger charge is -2.18. The van der Waals surface area contributed by atoms with Gasteiger partial charge in [0.25, 0.3) is 0 Å². The summed E-state index contributed by atoms with van der Waals surface area (Å²) in [6.07, 6.45) is 0. The Kier molecular flexibility index (Phi) is 6.92. The summed E-state index contributed by atoms with van der Waals surface area (Å²) in [6, 6.07) is 42.1. The Hall–Kier alpha value is -6.40. The minimum absolute atomic E-state index is 0.584. The lowest BCUT2D eigenvalue weighted by Crippen LogP contribution is -1.91. The summed E-state index contributed by atoms with van der Waals surface area (Å²) in [5, 5.41) is 4.74. The largest absolute Gasteiger partial charge is 0.496 e. The zero-order valence-corrected chi connectivity index (χ0v) is 28.1. The molecule has 242 valence electrons. The van der Waals surface area contributed by atoms with E-state index in [0.717, 1.165) is 55.9 Å². The Morgan fingerprint density at radius 3 is 1.12 bits per heavy atom. The van der Waals surface area contributed by atoms with Gasteiger partial charge in [0, 0.05) is 23.3 Å². The Labute approximate surface area is 288 Å². The van der Waals surface area contributed by atoms with Crippen LogP contribution in [-0.2, 0) is 0 Å². The molecule has 0 aliphatic rings. The number of ether oxygens (including phenoxy) is 2. The third-order valence-electron chi connectivity index (χ3n) is 9.58. The average Bonchev–Trinajstić information content (AvgIpc) is 3.76. The first-order valence-corrected chi connectivity index (χ1v) is 16.5. The number of aromatic nitrogens is 2. The quantitative estimate of drug-likeness (QED) is 0.167. The molecule has 9 rings (SSSR count). The third kappa shape index (κ3) is 4.79. The molecule has 0 saturated carbocycles. The molecule has 6 nitrogen and oxygen atoms in total. The van der Waals surface area contributed by atoms with Gasteiger partial charge in [0.15, 0.2) is 11.2 Å². The summed E-state index contributed by atoms with van der Waals surface area (Å²) in [5.41, 5.74) is 11.5. The number of methoxy groups -OCH3 is 2. The topological polar surface area (TPSA) is 70.5 Å². The van der Waals surface area contributed by atoms with Crippen LogP contribution in [0.2, 0.25) is 0 Å². The van der Waals surface area contributed by atoms with E-state index in [4.69, 9.17) is 28.3 Å². The summed E-state index contributed by atoms with van der Waals surface area (Å²) >= 11 is 0. The molecule has 50 heavy (non-hydrogen) atoms. The van der Waals surface area contributed by atoms with Crippen molar-refractivity contribution in [2.24, 2.45) is 0 Å². The van der Waals surface area contributed by atoms with Crippen molar-refractivity contribution in [1.29, 1.82) is 0 Å². The highest BCUT2D eigenvalue weighted by atomic mass is 16.5. The SMILES string of the molecule is COc1cc2oc(-c3ccc(-c4c5ccccc5c(-c5ccc(-c6nc7cc(C)c(OC)cc7o6)cc5)c5ccccc45)cc3)nc2cc1C. The smallest absolute Gasteiger partial charge is 0.227 e. The fourth-order valence-corrected chi connectivity index (χ4v) is 7.12. The molecule has 0 fully saturated rings. The van der Waals surface area contributed by atoms with Crippen LogP contribution in [0, 0.1) is 13.8 Å². The van der Waals surface area contributed by atoms with E-state index in [9.17, 15) is 0 Å². The van der Waals surface area contributed by atoms with Crippen molar-refractivity contribution in [1.82, 2.24) is 9.97 Å². The van der Waals surface area contributed by atoms with Crippen LogP contribution in [-0.4, -0.2) is 24.2 Å². The minimum atomic E-state index is 0.584. The van der Waals surface area contributed by atoms with Crippen molar-refractivity contribution in [2.45, 2.75) is 13.8 Å². The molecule has 0 radical (unpaired) electrons. The fraction of sp³-hybridized carbons (Fsp3) is 0.0909. The van der Waals surface area contributed by atoms with Crippen LogP contribution < -0.4 is 9.47 Å². The van der Waals surface area contributed by atoms with E-state index in [1.165, 1.54) is 32.7 Å². The second-order valence-electron chi connectivity index (χ2n) is 12.6. The molecule has 0 aliphatic carbocycles. The van der Waals surface area contributed by atoms with Crippen LogP contribution in [0.25, 0.3) is 88.9 Å². The molecule has 9 aromatic rings. The minimum Gasteiger partial charge on any atom is -0.496 e. The summed E-state index contributed by atoms with van der Waals surface area (Å²) in [6.45, 7) is 4.02. The van der Waals surface area contributed by atoms with Crippen LogP contribution in [0.15, 0.2) is 130 Å². The molecule has 0 atom stereocenters. The monoisotopic (exact) mass is 652 g/mol. The average molecular weight is 653 g/mol. The van der Waals surface area contributed by atoms with Crippen LogP contribution in [0.3, 0.4) is 0 Å².